The summed E-state index contributed by atoms with van der Waals surface area (Å²) in [5.41, 5.74) is 1.63. The number of hydrogen-bond donors (Lipinski definition) is 1. The molecule has 0 aliphatic carbocycles. The van der Waals surface area contributed by atoms with E-state index < -0.39 is 0 Å². The summed E-state index contributed by atoms with van der Waals surface area (Å²) < 4.78 is 10.8. The largest absolute Gasteiger partial charge is 0.481 e. The zero-order valence-electron chi connectivity index (χ0n) is 14.7. The minimum atomic E-state index is -0.274. The van der Waals surface area contributed by atoms with Crippen LogP contribution in [0.3, 0.4) is 0 Å². The van der Waals surface area contributed by atoms with Crippen LogP contribution in [0.15, 0.2) is 63.9 Å². The second kappa shape index (κ2) is 6.27. The molecular formula is C20H13N5O3. The molecule has 0 amide bonds. The summed E-state index contributed by atoms with van der Waals surface area (Å²) in [6.45, 7) is 0. The number of aromatic amines is 1. The van der Waals surface area contributed by atoms with Crippen LogP contribution in [0.2, 0.25) is 0 Å². The molecule has 0 aliphatic heterocycles. The average Bonchev–Trinajstić information content (AvgIpc) is 3.23. The van der Waals surface area contributed by atoms with Gasteiger partial charge in [0.2, 0.25) is 11.7 Å². The van der Waals surface area contributed by atoms with Gasteiger partial charge in [-0.1, -0.05) is 41.6 Å². The lowest BCUT2D eigenvalue weighted by molar-refractivity contribution is 0.399. The topological polar surface area (TPSA) is 107 Å². The molecule has 8 heteroatoms. The van der Waals surface area contributed by atoms with Crippen LogP contribution >= 0.6 is 0 Å². The van der Waals surface area contributed by atoms with Crippen molar-refractivity contribution in [1.82, 2.24) is 25.3 Å². The lowest BCUT2D eigenvalue weighted by Crippen LogP contribution is -2.09. The number of H-pyrrole nitrogens is 1. The maximum Gasteiger partial charge on any atom is 0.279 e. The van der Waals surface area contributed by atoms with E-state index in [1.54, 1.807) is 31.4 Å². The van der Waals surface area contributed by atoms with Crippen LogP contribution in [0.1, 0.15) is 0 Å². The van der Waals surface area contributed by atoms with Gasteiger partial charge in [0, 0.05) is 22.4 Å². The van der Waals surface area contributed by atoms with E-state index in [1.807, 2.05) is 30.3 Å². The molecule has 2 aromatic carbocycles. The third-order valence-corrected chi connectivity index (χ3v) is 4.47. The summed E-state index contributed by atoms with van der Waals surface area (Å²) in [6, 6.07) is 16.5. The van der Waals surface area contributed by atoms with Gasteiger partial charge in [-0.15, -0.1) is 0 Å². The molecule has 0 spiro atoms. The van der Waals surface area contributed by atoms with E-state index in [1.165, 1.54) is 0 Å². The highest BCUT2D eigenvalue weighted by molar-refractivity contribution is 5.94. The summed E-state index contributed by atoms with van der Waals surface area (Å²) in [4.78, 5) is 20.9. The summed E-state index contributed by atoms with van der Waals surface area (Å²) in [5, 5.41) is 12.7. The Hall–Kier alpha value is -4.07. The fourth-order valence-corrected chi connectivity index (χ4v) is 3.15. The van der Waals surface area contributed by atoms with Crippen LogP contribution in [-0.2, 0) is 0 Å². The monoisotopic (exact) mass is 371 g/mol. The summed E-state index contributed by atoms with van der Waals surface area (Å²) in [6.07, 6.45) is 0. The van der Waals surface area contributed by atoms with Gasteiger partial charge < -0.3 is 9.26 Å². The van der Waals surface area contributed by atoms with Crippen LogP contribution < -0.4 is 10.3 Å². The number of para-hydroxylation sites is 1. The molecule has 28 heavy (non-hydrogen) atoms. The van der Waals surface area contributed by atoms with Crippen molar-refractivity contribution in [1.29, 1.82) is 0 Å². The van der Waals surface area contributed by atoms with Crippen molar-refractivity contribution in [2.45, 2.75) is 0 Å². The Bertz CT molecular complexity index is 1390. The minimum Gasteiger partial charge on any atom is -0.481 e. The zero-order valence-corrected chi connectivity index (χ0v) is 14.7. The first kappa shape index (κ1) is 16.1. The van der Waals surface area contributed by atoms with Gasteiger partial charge in [0.1, 0.15) is 0 Å². The highest BCUT2D eigenvalue weighted by atomic mass is 16.5. The van der Waals surface area contributed by atoms with Gasteiger partial charge in [-0.2, -0.15) is 10.1 Å². The van der Waals surface area contributed by atoms with E-state index in [9.17, 15) is 4.79 Å². The van der Waals surface area contributed by atoms with Crippen molar-refractivity contribution in [3.8, 4) is 28.9 Å². The van der Waals surface area contributed by atoms with Gasteiger partial charge in [0.05, 0.1) is 18.0 Å². The first-order chi connectivity index (χ1) is 13.7. The van der Waals surface area contributed by atoms with E-state index in [4.69, 9.17) is 9.26 Å². The van der Waals surface area contributed by atoms with Gasteiger partial charge in [-0.25, -0.2) is 10.1 Å². The van der Waals surface area contributed by atoms with E-state index in [0.717, 1.165) is 16.5 Å². The maximum atomic E-state index is 12.0. The molecule has 0 unspecified atom stereocenters. The Morgan fingerprint density at radius 3 is 2.54 bits per heavy atom. The fraction of sp³-hybridized carbons (Fsp3) is 0.0500. The normalized spacial score (nSPS) is 11.2. The number of hydrogen-bond acceptors (Lipinski definition) is 7. The summed E-state index contributed by atoms with van der Waals surface area (Å²) >= 11 is 0. The smallest absolute Gasteiger partial charge is 0.279 e. The van der Waals surface area contributed by atoms with Crippen molar-refractivity contribution in [3.05, 3.63) is 65.0 Å². The molecular weight excluding hydrogens is 358 g/mol. The van der Waals surface area contributed by atoms with E-state index in [-0.39, 0.29) is 11.4 Å². The predicted octanol–water partition coefficient (Wildman–Crippen LogP) is 3.20. The lowest BCUT2D eigenvalue weighted by atomic mass is 10.1. The molecule has 0 atom stereocenters. The number of aromatic nitrogens is 5. The molecule has 0 fully saturated rings. The highest BCUT2D eigenvalue weighted by Gasteiger charge is 2.18. The predicted molar refractivity (Wildman–Crippen MR) is 103 cm³/mol. The Morgan fingerprint density at radius 2 is 1.71 bits per heavy atom. The number of nitrogens with one attached hydrogen (secondary N) is 1. The zero-order chi connectivity index (χ0) is 19.1. The second-order valence-corrected chi connectivity index (χ2v) is 6.10. The van der Waals surface area contributed by atoms with Crippen LogP contribution in [0, 0.1) is 0 Å². The quantitative estimate of drug-likeness (QED) is 0.519. The van der Waals surface area contributed by atoms with Gasteiger partial charge >= 0.3 is 0 Å². The van der Waals surface area contributed by atoms with Crippen LogP contribution in [0.4, 0.5) is 0 Å². The Labute approximate surface area is 157 Å². The molecule has 8 nitrogen and oxygen atoms in total. The van der Waals surface area contributed by atoms with Crippen molar-refractivity contribution >= 4 is 21.7 Å². The van der Waals surface area contributed by atoms with Gasteiger partial charge in [0.15, 0.2) is 5.69 Å². The van der Waals surface area contributed by atoms with E-state index >= 15 is 0 Å². The van der Waals surface area contributed by atoms with Crippen LogP contribution in [0.5, 0.6) is 5.88 Å². The maximum absolute atomic E-state index is 12.0. The molecule has 3 aromatic heterocycles. The fourth-order valence-electron chi connectivity index (χ4n) is 3.15. The lowest BCUT2D eigenvalue weighted by Gasteiger charge is -2.05. The molecule has 0 bridgehead atoms. The molecule has 0 aliphatic rings. The number of ether oxygens (including phenoxy) is 1. The number of nitrogens with zero attached hydrogens (tertiary/aromatic N) is 4. The molecule has 5 rings (SSSR count). The SMILES string of the molecule is COc1cc(-c2noc(-c3n[nH]c(=O)c4ccccc34)n2)c2ccccc2n1. The van der Waals surface area contributed by atoms with Gasteiger partial charge in [-0.3, -0.25) is 4.79 Å². The van der Waals surface area contributed by atoms with E-state index in [2.05, 4.69) is 25.3 Å². The number of benzene rings is 2. The van der Waals surface area contributed by atoms with Crippen LogP contribution in [-0.4, -0.2) is 32.4 Å². The first-order valence-electron chi connectivity index (χ1n) is 8.50. The molecule has 0 radical (unpaired) electrons. The summed E-state index contributed by atoms with van der Waals surface area (Å²) in [5.74, 6) is 1.04. The molecule has 3 heterocycles. The Morgan fingerprint density at radius 1 is 0.964 bits per heavy atom. The summed E-state index contributed by atoms with van der Waals surface area (Å²) in [7, 11) is 1.55. The van der Waals surface area contributed by atoms with Crippen LogP contribution in [0.25, 0.3) is 44.6 Å². The number of methoxy groups -OCH3 is 1. The number of fused-ring (bicyclic) bond motifs is 2. The van der Waals surface area contributed by atoms with Gasteiger partial charge in [-0.05, 0) is 12.1 Å². The highest BCUT2D eigenvalue weighted by Crippen LogP contribution is 2.31. The molecule has 136 valence electrons. The van der Waals surface area contributed by atoms with Crippen molar-refractivity contribution in [2.24, 2.45) is 0 Å². The Kier molecular flexibility index (Phi) is 3.61. The van der Waals surface area contributed by atoms with E-state index in [0.29, 0.717) is 28.2 Å². The third kappa shape index (κ3) is 2.50. The van der Waals surface area contributed by atoms with Crippen molar-refractivity contribution in [3.63, 3.8) is 0 Å². The molecule has 0 saturated heterocycles. The second-order valence-electron chi connectivity index (χ2n) is 6.10. The first-order valence-corrected chi connectivity index (χ1v) is 8.50. The Balaban J connectivity index is 1.71. The third-order valence-electron chi connectivity index (χ3n) is 4.47. The molecule has 5 aromatic rings. The molecule has 0 saturated carbocycles. The van der Waals surface area contributed by atoms with Gasteiger partial charge in [0.25, 0.3) is 11.4 Å². The van der Waals surface area contributed by atoms with Crippen molar-refractivity contribution in [2.75, 3.05) is 7.11 Å². The number of rotatable bonds is 3. The average molecular weight is 371 g/mol. The molecule has 1 N–H and O–H groups in total. The minimum absolute atomic E-state index is 0.210. The number of pyridine rings is 1. The van der Waals surface area contributed by atoms with Crippen molar-refractivity contribution < 1.29 is 9.26 Å². The standard InChI is InChI=1S/C20H13N5O3/c1-27-16-10-14(11-6-4-5-9-15(11)21-16)18-22-20(28-25-18)17-12-7-2-3-8-13(12)19(26)24-23-17/h2-10H,1H3,(H,24,26).